The number of hydrogen-bond acceptors (Lipinski definition) is 4. The first-order chi connectivity index (χ1) is 11.6. The maximum absolute atomic E-state index is 12.6. The maximum atomic E-state index is 12.6. The minimum absolute atomic E-state index is 0.105. The Morgan fingerprint density at radius 1 is 1.04 bits per heavy atom. The van der Waals surface area contributed by atoms with E-state index in [1.807, 2.05) is 30.3 Å². The SMILES string of the molecule is CN(C1CCOCC1)C1CCN(S(=O)(=O)Cc2ccccc2)CC1. The molecule has 1 aromatic rings. The van der Waals surface area contributed by atoms with Crippen LogP contribution < -0.4 is 0 Å². The zero-order valence-corrected chi connectivity index (χ0v) is 15.2. The summed E-state index contributed by atoms with van der Waals surface area (Å²) >= 11 is 0. The molecule has 3 rings (SSSR count). The number of rotatable bonds is 5. The molecule has 0 spiro atoms. The Morgan fingerprint density at radius 2 is 1.62 bits per heavy atom. The minimum atomic E-state index is -3.22. The highest BCUT2D eigenvalue weighted by molar-refractivity contribution is 7.88. The summed E-state index contributed by atoms with van der Waals surface area (Å²) in [5.74, 6) is 0.105. The first-order valence-electron chi connectivity index (χ1n) is 8.88. The van der Waals surface area contributed by atoms with E-state index in [-0.39, 0.29) is 5.75 Å². The summed E-state index contributed by atoms with van der Waals surface area (Å²) in [6.45, 7) is 2.96. The Hall–Kier alpha value is -0.950. The van der Waals surface area contributed by atoms with Crippen molar-refractivity contribution in [2.75, 3.05) is 33.4 Å². The molecule has 0 bridgehead atoms. The summed E-state index contributed by atoms with van der Waals surface area (Å²) in [5, 5.41) is 0. The molecule has 0 N–H and O–H groups in total. The van der Waals surface area contributed by atoms with E-state index in [2.05, 4.69) is 11.9 Å². The summed E-state index contributed by atoms with van der Waals surface area (Å²) in [7, 11) is -1.03. The van der Waals surface area contributed by atoms with Gasteiger partial charge in [-0.15, -0.1) is 0 Å². The van der Waals surface area contributed by atoms with E-state index in [4.69, 9.17) is 4.74 Å². The molecule has 2 saturated heterocycles. The van der Waals surface area contributed by atoms with Crippen LogP contribution in [0.3, 0.4) is 0 Å². The monoisotopic (exact) mass is 352 g/mol. The van der Waals surface area contributed by atoms with Gasteiger partial charge < -0.3 is 9.64 Å². The van der Waals surface area contributed by atoms with Gasteiger partial charge in [-0.3, -0.25) is 0 Å². The summed E-state index contributed by atoms with van der Waals surface area (Å²) in [5.41, 5.74) is 0.860. The van der Waals surface area contributed by atoms with Crippen LogP contribution in [0.1, 0.15) is 31.2 Å². The van der Waals surface area contributed by atoms with Crippen molar-refractivity contribution in [3.63, 3.8) is 0 Å². The van der Waals surface area contributed by atoms with Crippen molar-refractivity contribution in [3.8, 4) is 0 Å². The number of piperidine rings is 1. The molecule has 2 fully saturated rings. The molecule has 24 heavy (non-hydrogen) atoms. The second-order valence-electron chi connectivity index (χ2n) is 6.88. The first-order valence-corrected chi connectivity index (χ1v) is 10.5. The molecule has 2 heterocycles. The van der Waals surface area contributed by atoms with Gasteiger partial charge in [0.2, 0.25) is 10.0 Å². The fraction of sp³-hybridized carbons (Fsp3) is 0.667. The van der Waals surface area contributed by atoms with Crippen molar-refractivity contribution in [2.24, 2.45) is 0 Å². The predicted octanol–water partition coefficient (Wildman–Crippen LogP) is 2.09. The van der Waals surface area contributed by atoms with Crippen molar-refractivity contribution in [1.29, 1.82) is 0 Å². The molecule has 0 amide bonds. The van der Waals surface area contributed by atoms with Crippen LogP contribution in [-0.4, -0.2) is 63.1 Å². The highest BCUT2D eigenvalue weighted by atomic mass is 32.2. The maximum Gasteiger partial charge on any atom is 0.218 e. The van der Waals surface area contributed by atoms with Gasteiger partial charge in [0.15, 0.2) is 0 Å². The van der Waals surface area contributed by atoms with Crippen LogP contribution in [0.25, 0.3) is 0 Å². The molecule has 0 atom stereocenters. The highest BCUT2D eigenvalue weighted by Gasteiger charge is 2.32. The first kappa shape index (κ1) is 17.9. The van der Waals surface area contributed by atoms with Gasteiger partial charge in [-0.2, -0.15) is 0 Å². The lowest BCUT2D eigenvalue weighted by Crippen LogP contribution is -2.49. The fourth-order valence-corrected chi connectivity index (χ4v) is 5.36. The Kier molecular flexibility index (Phi) is 5.92. The molecular weight excluding hydrogens is 324 g/mol. The summed E-state index contributed by atoms with van der Waals surface area (Å²) in [6, 6.07) is 10.5. The topological polar surface area (TPSA) is 49.9 Å². The van der Waals surface area contributed by atoms with Crippen LogP contribution in [0.2, 0.25) is 0 Å². The number of hydrogen-bond donors (Lipinski definition) is 0. The summed E-state index contributed by atoms with van der Waals surface area (Å²) < 4.78 is 32.4. The summed E-state index contributed by atoms with van der Waals surface area (Å²) in [6.07, 6.45) is 4.01. The Bertz CT molecular complexity index is 606. The quantitative estimate of drug-likeness (QED) is 0.814. The van der Waals surface area contributed by atoms with Crippen molar-refractivity contribution in [2.45, 2.75) is 43.5 Å². The number of nitrogens with zero attached hydrogens (tertiary/aromatic N) is 2. The van der Waals surface area contributed by atoms with E-state index in [9.17, 15) is 8.42 Å². The second kappa shape index (κ2) is 7.95. The molecule has 0 unspecified atom stereocenters. The van der Waals surface area contributed by atoms with Gasteiger partial charge >= 0.3 is 0 Å². The van der Waals surface area contributed by atoms with Gasteiger partial charge in [0, 0.05) is 38.4 Å². The molecule has 0 radical (unpaired) electrons. The second-order valence-corrected chi connectivity index (χ2v) is 8.85. The predicted molar refractivity (Wildman–Crippen MR) is 95.3 cm³/mol. The smallest absolute Gasteiger partial charge is 0.218 e. The standard InChI is InChI=1S/C18H28N2O3S/c1-19(18-9-13-23-14-10-18)17-7-11-20(12-8-17)24(21,22)15-16-5-3-2-4-6-16/h2-6,17-18H,7-15H2,1H3. The van der Waals surface area contributed by atoms with Gasteiger partial charge in [0.25, 0.3) is 0 Å². The Balaban J connectivity index is 1.54. The summed E-state index contributed by atoms with van der Waals surface area (Å²) in [4.78, 5) is 2.46. The number of benzene rings is 1. The number of sulfonamides is 1. The van der Waals surface area contributed by atoms with E-state index in [0.717, 1.165) is 44.5 Å². The van der Waals surface area contributed by atoms with Crippen molar-refractivity contribution in [3.05, 3.63) is 35.9 Å². The van der Waals surface area contributed by atoms with Crippen LogP contribution in [0, 0.1) is 0 Å². The lowest BCUT2D eigenvalue weighted by Gasteiger charge is -2.41. The Morgan fingerprint density at radius 3 is 2.25 bits per heavy atom. The van der Waals surface area contributed by atoms with Gasteiger partial charge in [0.1, 0.15) is 0 Å². The third-order valence-corrected chi connectivity index (χ3v) is 7.20. The van der Waals surface area contributed by atoms with Crippen LogP contribution in [0.5, 0.6) is 0 Å². The minimum Gasteiger partial charge on any atom is -0.381 e. The molecule has 0 saturated carbocycles. The third-order valence-electron chi connectivity index (χ3n) is 5.35. The average Bonchev–Trinajstić information content (AvgIpc) is 2.62. The molecule has 0 aliphatic carbocycles. The van der Waals surface area contributed by atoms with Gasteiger partial charge in [-0.05, 0) is 38.3 Å². The fourth-order valence-electron chi connectivity index (χ4n) is 3.79. The van der Waals surface area contributed by atoms with Crippen molar-refractivity contribution in [1.82, 2.24) is 9.21 Å². The van der Waals surface area contributed by atoms with Gasteiger partial charge in [-0.1, -0.05) is 30.3 Å². The largest absolute Gasteiger partial charge is 0.381 e. The molecule has 5 nitrogen and oxygen atoms in total. The normalized spacial score (nSPS) is 22.1. The van der Waals surface area contributed by atoms with Crippen LogP contribution in [0.15, 0.2) is 30.3 Å². The van der Waals surface area contributed by atoms with Crippen LogP contribution in [0.4, 0.5) is 0 Å². The molecular formula is C18H28N2O3S. The lowest BCUT2D eigenvalue weighted by atomic mass is 10.00. The molecule has 2 aliphatic rings. The molecule has 1 aromatic carbocycles. The van der Waals surface area contributed by atoms with Gasteiger partial charge in [0.05, 0.1) is 5.75 Å². The van der Waals surface area contributed by atoms with Crippen molar-refractivity contribution >= 4 is 10.0 Å². The molecule has 0 aromatic heterocycles. The zero-order valence-electron chi connectivity index (χ0n) is 14.4. The highest BCUT2D eigenvalue weighted by Crippen LogP contribution is 2.24. The number of ether oxygens (including phenoxy) is 1. The van der Waals surface area contributed by atoms with E-state index in [0.29, 0.717) is 25.2 Å². The third kappa shape index (κ3) is 4.36. The van der Waals surface area contributed by atoms with Crippen LogP contribution >= 0.6 is 0 Å². The van der Waals surface area contributed by atoms with E-state index in [1.54, 1.807) is 4.31 Å². The molecule has 6 heteroatoms. The Labute approximate surface area is 145 Å². The van der Waals surface area contributed by atoms with Gasteiger partial charge in [-0.25, -0.2) is 12.7 Å². The van der Waals surface area contributed by atoms with E-state index >= 15 is 0 Å². The lowest BCUT2D eigenvalue weighted by molar-refractivity contribution is 0.0199. The van der Waals surface area contributed by atoms with E-state index < -0.39 is 10.0 Å². The van der Waals surface area contributed by atoms with Crippen LogP contribution in [-0.2, 0) is 20.5 Å². The molecule has 2 aliphatic heterocycles. The van der Waals surface area contributed by atoms with E-state index in [1.165, 1.54) is 0 Å². The van der Waals surface area contributed by atoms with Crippen molar-refractivity contribution < 1.29 is 13.2 Å². The zero-order chi connectivity index (χ0) is 17.0. The molecule has 134 valence electrons. The average molecular weight is 353 g/mol.